The van der Waals surface area contributed by atoms with Gasteiger partial charge in [0.15, 0.2) is 0 Å². The molecule has 0 amide bonds. The van der Waals surface area contributed by atoms with Crippen LogP contribution in [-0.2, 0) is 0 Å². The molecule has 1 radical (unpaired) electrons. The molecule has 2 rings (SSSR count). The number of hydrogen-bond donors (Lipinski definition) is 0. The van der Waals surface area contributed by atoms with E-state index in [0.717, 1.165) is 0 Å². The van der Waals surface area contributed by atoms with Crippen LogP contribution in [0.15, 0.2) is 60.7 Å². The maximum atomic E-state index is 2.48. The summed E-state index contributed by atoms with van der Waals surface area (Å²) in [4.78, 5) is 0. The summed E-state index contributed by atoms with van der Waals surface area (Å²) in [5, 5.41) is 3.10. The van der Waals surface area contributed by atoms with Gasteiger partial charge in [-0.25, -0.2) is 0 Å². The smallest absolute Gasteiger partial charge is 0.0697 e. The first-order chi connectivity index (χ1) is 8.56. The molecule has 0 spiro atoms. The quantitative estimate of drug-likeness (QED) is 0.748. The van der Waals surface area contributed by atoms with Crippen molar-refractivity contribution in [3.8, 4) is 0 Å². The first-order valence-corrected chi connectivity index (χ1v) is 11.9. The molecule has 0 aliphatic rings. The largest absolute Gasteiger partial charge is 0.118 e. The summed E-state index contributed by atoms with van der Waals surface area (Å²) in [5.74, 6) is 0. The fourth-order valence-corrected chi connectivity index (χ4v) is 9.58. The van der Waals surface area contributed by atoms with E-state index in [1.807, 2.05) is 0 Å². The van der Waals surface area contributed by atoms with Crippen molar-refractivity contribution in [2.45, 2.75) is 25.3 Å². The highest BCUT2D eigenvalue weighted by atomic mass is 28.4. The van der Waals surface area contributed by atoms with Crippen LogP contribution in [0.25, 0.3) is 0 Å². The lowest BCUT2D eigenvalue weighted by Gasteiger charge is -2.23. The van der Waals surface area contributed by atoms with E-state index in [1.54, 1.807) is 10.4 Å². The summed E-state index contributed by atoms with van der Waals surface area (Å²) in [7, 11) is -1.64. The number of benzene rings is 2. The predicted molar refractivity (Wildman–Crippen MR) is 86.1 cm³/mol. The summed E-state index contributed by atoms with van der Waals surface area (Å²) >= 11 is 0. The van der Waals surface area contributed by atoms with E-state index in [1.165, 1.54) is 5.67 Å². The third kappa shape index (κ3) is 3.68. The van der Waals surface area contributed by atoms with Crippen molar-refractivity contribution < 1.29 is 0 Å². The topological polar surface area (TPSA) is 0 Å². The zero-order valence-electron chi connectivity index (χ0n) is 11.5. The Morgan fingerprint density at radius 2 is 1.11 bits per heavy atom. The Kier molecular flexibility index (Phi) is 4.20. The van der Waals surface area contributed by atoms with Crippen LogP contribution in [0.3, 0.4) is 0 Å². The fraction of sp³-hybridized carbons (Fsp3) is 0.250. The van der Waals surface area contributed by atoms with Crippen LogP contribution in [0.1, 0.15) is 0 Å². The highest BCUT2D eigenvalue weighted by Gasteiger charge is 2.24. The van der Waals surface area contributed by atoms with Crippen LogP contribution in [-0.4, -0.2) is 16.9 Å². The second-order valence-electron chi connectivity index (χ2n) is 5.95. The highest BCUT2D eigenvalue weighted by molar-refractivity contribution is 6.97. The average Bonchev–Trinajstić information content (AvgIpc) is 2.37. The zero-order valence-corrected chi connectivity index (χ0v) is 13.5. The van der Waals surface area contributed by atoms with Gasteiger partial charge in [-0.15, -0.1) is 0 Å². The van der Waals surface area contributed by atoms with Gasteiger partial charge in [0, 0.05) is 8.07 Å². The van der Waals surface area contributed by atoms with Gasteiger partial charge in [-0.3, -0.25) is 0 Å². The van der Waals surface area contributed by atoms with Gasteiger partial charge in [0.2, 0.25) is 0 Å². The van der Waals surface area contributed by atoms with Crippen LogP contribution < -0.4 is 10.4 Å². The lowest BCUT2D eigenvalue weighted by Crippen LogP contribution is -2.47. The molecular formula is C16H21Si2. The normalized spacial score (nSPS) is 11.8. The van der Waals surface area contributed by atoms with Gasteiger partial charge in [-0.2, -0.15) is 0 Å². The molecule has 2 aromatic carbocycles. The molecule has 0 unspecified atom stereocenters. The monoisotopic (exact) mass is 269 g/mol. The van der Waals surface area contributed by atoms with E-state index >= 15 is 0 Å². The van der Waals surface area contributed by atoms with Gasteiger partial charge < -0.3 is 0 Å². The molecule has 0 fully saturated rings. The summed E-state index contributed by atoms with van der Waals surface area (Å²) in [6.07, 6.45) is 0. The standard InChI is InChI=1S/C16H21Si2/c1-18(2,3)14-17(15-10-6-4-7-11-15)16-12-8-5-9-13-16/h4-13H,14H2,1-3H3. The van der Waals surface area contributed by atoms with Crippen molar-refractivity contribution in [2.75, 3.05) is 0 Å². The molecule has 0 saturated carbocycles. The van der Waals surface area contributed by atoms with E-state index in [2.05, 4.69) is 80.3 Å². The first-order valence-electron chi connectivity index (χ1n) is 6.53. The predicted octanol–water partition coefficient (Wildman–Crippen LogP) is 3.17. The molecule has 2 aromatic rings. The summed E-state index contributed by atoms with van der Waals surface area (Å²) in [5.41, 5.74) is 1.41. The molecule has 0 N–H and O–H groups in total. The molecule has 0 bridgehead atoms. The molecule has 0 nitrogen and oxygen atoms in total. The van der Waals surface area contributed by atoms with Crippen LogP contribution in [0, 0.1) is 0 Å². The van der Waals surface area contributed by atoms with E-state index in [-0.39, 0.29) is 0 Å². The van der Waals surface area contributed by atoms with Gasteiger partial charge in [-0.05, 0) is 0 Å². The van der Waals surface area contributed by atoms with Gasteiger partial charge >= 0.3 is 0 Å². The molecule has 2 heteroatoms. The molecule has 0 aliphatic heterocycles. The second-order valence-corrected chi connectivity index (χ2v) is 14.6. The number of hydrogen-bond acceptors (Lipinski definition) is 0. The minimum atomic E-state index is -1.04. The Balaban J connectivity index is 2.36. The molecule has 93 valence electrons. The SMILES string of the molecule is C[Si](C)(C)C[Si](c1ccccc1)c1ccccc1. The molecular weight excluding hydrogens is 248 g/mol. The minimum absolute atomic E-state index is 0.595. The van der Waals surface area contributed by atoms with Crippen molar-refractivity contribution in [3.63, 3.8) is 0 Å². The molecule has 0 aromatic heterocycles. The van der Waals surface area contributed by atoms with Crippen LogP contribution in [0.5, 0.6) is 0 Å². The van der Waals surface area contributed by atoms with Gasteiger partial charge in [-0.1, -0.05) is 96.3 Å². The maximum absolute atomic E-state index is 2.48. The lowest BCUT2D eigenvalue weighted by molar-refractivity contribution is 1.60. The van der Waals surface area contributed by atoms with E-state index in [4.69, 9.17) is 0 Å². The van der Waals surface area contributed by atoms with Gasteiger partial charge in [0.1, 0.15) is 8.80 Å². The second kappa shape index (κ2) is 5.68. The summed E-state index contributed by atoms with van der Waals surface area (Å²) < 4.78 is 0. The Bertz CT molecular complexity index is 432. The third-order valence-electron chi connectivity index (χ3n) is 2.95. The highest BCUT2D eigenvalue weighted by Crippen LogP contribution is 2.11. The summed E-state index contributed by atoms with van der Waals surface area (Å²) in [6, 6.07) is 22.2. The molecule has 0 aliphatic carbocycles. The lowest BCUT2D eigenvalue weighted by atomic mass is 10.4. The third-order valence-corrected chi connectivity index (χ3v) is 10.7. The zero-order chi connectivity index (χ0) is 13.0. The summed E-state index contributed by atoms with van der Waals surface area (Å²) in [6.45, 7) is 7.43. The van der Waals surface area contributed by atoms with Crippen molar-refractivity contribution in [2.24, 2.45) is 0 Å². The Hall–Kier alpha value is -1.13. The van der Waals surface area contributed by atoms with E-state index < -0.39 is 16.9 Å². The Labute approximate surface area is 113 Å². The molecule has 0 saturated heterocycles. The van der Waals surface area contributed by atoms with Gasteiger partial charge in [0.25, 0.3) is 0 Å². The van der Waals surface area contributed by atoms with Crippen molar-refractivity contribution in [1.29, 1.82) is 0 Å². The molecule has 18 heavy (non-hydrogen) atoms. The van der Waals surface area contributed by atoms with Gasteiger partial charge in [0.05, 0.1) is 0 Å². The number of rotatable bonds is 4. The van der Waals surface area contributed by atoms with Crippen molar-refractivity contribution in [1.82, 2.24) is 0 Å². The average molecular weight is 270 g/mol. The van der Waals surface area contributed by atoms with E-state index in [0.29, 0.717) is 0 Å². The van der Waals surface area contributed by atoms with Crippen molar-refractivity contribution >= 4 is 27.2 Å². The minimum Gasteiger partial charge on any atom is -0.0697 e. The van der Waals surface area contributed by atoms with Crippen LogP contribution in [0.4, 0.5) is 0 Å². The first kappa shape index (κ1) is 13.3. The van der Waals surface area contributed by atoms with Crippen LogP contribution in [0.2, 0.25) is 25.3 Å². The molecule has 0 atom stereocenters. The Morgan fingerprint density at radius 1 is 0.722 bits per heavy atom. The Morgan fingerprint density at radius 3 is 1.44 bits per heavy atom. The fourth-order valence-electron chi connectivity index (χ4n) is 2.18. The maximum Gasteiger partial charge on any atom is 0.118 e. The molecule has 0 heterocycles. The van der Waals surface area contributed by atoms with Crippen molar-refractivity contribution in [3.05, 3.63) is 60.7 Å². The van der Waals surface area contributed by atoms with Crippen LogP contribution >= 0.6 is 0 Å². The van der Waals surface area contributed by atoms with E-state index in [9.17, 15) is 0 Å².